The third-order valence-electron chi connectivity index (χ3n) is 6.18. The van der Waals surface area contributed by atoms with Crippen molar-refractivity contribution in [1.82, 2.24) is 15.5 Å². The van der Waals surface area contributed by atoms with Crippen molar-refractivity contribution >= 4 is 34.9 Å². The Labute approximate surface area is 209 Å². The number of nitrogens with two attached hydrogens (primary N) is 1. The van der Waals surface area contributed by atoms with Crippen LogP contribution in [0.4, 0.5) is 0 Å². The van der Waals surface area contributed by atoms with Crippen molar-refractivity contribution in [2.24, 2.45) is 11.7 Å². The molecule has 2 aromatic rings. The minimum atomic E-state index is -0.587. The zero-order valence-electron chi connectivity index (χ0n) is 20.1. The second-order valence-electron chi connectivity index (χ2n) is 8.75. The van der Waals surface area contributed by atoms with Gasteiger partial charge in [-0.1, -0.05) is 25.1 Å². The van der Waals surface area contributed by atoms with Crippen molar-refractivity contribution in [1.29, 1.82) is 5.41 Å². The van der Waals surface area contributed by atoms with E-state index in [0.29, 0.717) is 31.6 Å². The standard InChI is InChI=1S/C25H33N5O4S/c1-16-11-21(25(33)29-13-20-12-18(15-35-20)24(26)27)30(17(16)2)23(32)14-28-22(31)9-6-10-34-19-7-4-3-5-8-19/h3-5,7-8,12,15-17,21H,6,9-11,13-14H2,1-2H3,(H3,26,27)(H,28,31)(H,29,33)/t16-,17?,21?/m0/s1. The number of amidine groups is 1. The number of nitrogens with one attached hydrogen (secondary N) is 3. The molecular formula is C25H33N5O4S. The quantitative estimate of drug-likeness (QED) is 0.213. The summed E-state index contributed by atoms with van der Waals surface area (Å²) < 4.78 is 5.58. The van der Waals surface area contributed by atoms with Gasteiger partial charge in [-0.3, -0.25) is 19.8 Å². The molecule has 1 aromatic carbocycles. The highest BCUT2D eigenvalue weighted by molar-refractivity contribution is 7.10. The number of hydrogen-bond acceptors (Lipinski definition) is 6. The van der Waals surface area contributed by atoms with Gasteiger partial charge >= 0.3 is 0 Å². The summed E-state index contributed by atoms with van der Waals surface area (Å²) in [6.07, 6.45) is 1.34. The first kappa shape index (κ1) is 26.2. The molecule has 1 aliphatic heterocycles. The molecule has 5 N–H and O–H groups in total. The summed E-state index contributed by atoms with van der Waals surface area (Å²) in [5.41, 5.74) is 6.12. The van der Waals surface area contributed by atoms with Gasteiger partial charge in [0, 0.05) is 28.3 Å². The Hall–Kier alpha value is -3.40. The number of benzene rings is 1. The van der Waals surface area contributed by atoms with Crippen molar-refractivity contribution in [3.63, 3.8) is 0 Å². The van der Waals surface area contributed by atoms with Gasteiger partial charge in [-0.25, -0.2) is 0 Å². The molecule has 3 atom stereocenters. The van der Waals surface area contributed by atoms with Gasteiger partial charge in [0.15, 0.2) is 0 Å². The van der Waals surface area contributed by atoms with E-state index in [2.05, 4.69) is 10.6 Å². The van der Waals surface area contributed by atoms with Gasteiger partial charge in [0.05, 0.1) is 19.7 Å². The van der Waals surface area contributed by atoms with E-state index in [0.717, 1.165) is 10.6 Å². The van der Waals surface area contributed by atoms with E-state index < -0.39 is 6.04 Å². The predicted molar refractivity (Wildman–Crippen MR) is 135 cm³/mol. The lowest BCUT2D eigenvalue weighted by atomic mass is 10.0. The van der Waals surface area contributed by atoms with Crippen molar-refractivity contribution < 1.29 is 19.1 Å². The molecule has 1 aromatic heterocycles. The first-order valence-electron chi connectivity index (χ1n) is 11.7. The molecule has 2 heterocycles. The van der Waals surface area contributed by atoms with Crippen molar-refractivity contribution in [2.75, 3.05) is 13.2 Å². The Kier molecular flexibility index (Phi) is 9.25. The molecule has 0 spiro atoms. The maximum Gasteiger partial charge on any atom is 0.243 e. The Morgan fingerprint density at radius 3 is 2.63 bits per heavy atom. The van der Waals surface area contributed by atoms with E-state index in [1.807, 2.05) is 44.2 Å². The highest BCUT2D eigenvalue weighted by Crippen LogP contribution is 2.30. The first-order valence-corrected chi connectivity index (χ1v) is 12.6. The van der Waals surface area contributed by atoms with Crippen LogP contribution in [0.1, 0.15) is 43.6 Å². The molecule has 1 aliphatic rings. The fourth-order valence-corrected chi connectivity index (χ4v) is 4.88. The molecule has 1 saturated heterocycles. The second kappa shape index (κ2) is 12.3. The normalized spacial score (nSPS) is 19.3. The average Bonchev–Trinajstić information content (AvgIpc) is 3.44. The number of amides is 3. The van der Waals surface area contributed by atoms with E-state index in [1.165, 1.54) is 11.3 Å². The van der Waals surface area contributed by atoms with Crippen LogP contribution in [0.5, 0.6) is 5.75 Å². The number of hydrogen-bond donors (Lipinski definition) is 4. The maximum atomic E-state index is 13.0. The molecule has 2 unspecified atom stereocenters. The summed E-state index contributed by atoms with van der Waals surface area (Å²) in [5, 5.41) is 14.8. The Balaban J connectivity index is 1.45. The van der Waals surface area contributed by atoms with Crippen LogP contribution < -0.4 is 21.1 Å². The smallest absolute Gasteiger partial charge is 0.243 e. The lowest BCUT2D eigenvalue weighted by molar-refractivity contribution is -0.140. The lowest BCUT2D eigenvalue weighted by Crippen LogP contribution is -2.51. The number of nitrogen functional groups attached to an aromatic ring is 1. The molecule has 0 bridgehead atoms. The Morgan fingerprint density at radius 2 is 1.94 bits per heavy atom. The summed E-state index contributed by atoms with van der Waals surface area (Å²) in [6, 6.07) is 10.5. The molecule has 9 nitrogen and oxygen atoms in total. The average molecular weight is 500 g/mol. The third-order valence-corrected chi connectivity index (χ3v) is 7.12. The van der Waals surface area contributed by atoms with Crippen LogP contribution in [0.3, 0.4) is 0 Å². The Bertz CT molecular complexity index is 1040. The SMILES string of the molecule is CC1[C@@H](C)CC(C(=O)NCc2cc(C(=N)N)cs2)N1C(=O)CNC(=O)CCCOc1ccccc1. The minimum absolute atomic E-state index is 0.0141. The first-order chi connectivity index (χ1) is 16.8. The number of thiophene rings is 1. The van der Waals surface area contributed by atoms with Gasteiger partial charge in [0.25, 0.3) is 0 Å². The van der Waals surface area contributed by atoms with Crippen LogP contribution in [0.15, 0.2) is 41.8 Å². The molecule has 35 heavy (non-hydrogen) atoms. The lowest BCUT2D eigenvalue weighted by Gasteiger charge is -2.28. The van der Waals surface area contributed by atoms with E-state index >= 15 is 0 Å². The number of nitrogens with zero attached hydrogens (tertiary/aromatic N) is 1. The molecule has 3 amide bonds. The zero-order chi connectivity index (χ0) is 25.4. The topological polar surface area (TPSA) is 138 Å². The van der Waals surface area contributed by atoms with Gasteiger partial charge in [0.1, 0.15) is 17.6 Å². The fraction of sp³-hybridized carbons (Fsp3) is 0.440. The summed E-state index contributed by atoms with van der Waals surface area (Å²) in [6.45, 7) is 4.51. The number of ether oxygens (including phenoxy) is 1. The summed E-state index contributed by atoms with van der Waals surface area (Å²) in [4.78, 5) is 40.6. The predicted octanol–water partition coefficient (Wildman–Crippen LogP) is 2.25. The number of rotatable bonds is 11. The maximum absolute atomic E-state index is 13.0. The van der Waals surface area contributed by atoms with E-state index in [-0.39, 0.29) is 48.5 Å². The van der Waals surface area contributed by atoms with E-state index in [4.69, 9.17) is 15.9 Å². The summed E-state index contributed by atoms with van der Waals surface area (Å²) in [5.74, 6) is 0.173. The number of carbonyl (C=O) groups is 3. The minimum Gasteiger partial charge on any atom is -0.494 e. The highest BCUT2D eigenvalue weighted by atomic mass is 32.1. The highest BCUT2D eigenvalue weighted by Gasteiger charge is 2.42. The number of likely N-dealkylation sites (tertiary alicyclic amines) is 1. The van der Waals surface area contributed by atoms with Crippen LogP contribution in [0.25, 0.3) is 0 Å². The van der Waals surface area contributed by atoms with E-state index in [1.54, 1.807) is 16.3 Å². The monoisotopic (exact) mass is 499 g/mol. The Morgan fingerprint density at radius 1 is 1.20 bits per heavy atom. The molecule has 0 aliphatic carbocycles. The zero-order valence-corrected chi connectivity index (χ0v) is 20.9. The largest absolute Gasteiger partial charge is 0.494 e. The van der Waals surface area contributed by atoms with Gasteiger partial charge < -0.3 is 26.0 Å². The summed E-state index contributed by atoms with van der Waals surface area (Å²) in [7, 11) is 0. The van der Waals surface area contributed by atoms with Crippen molar-refractivity contribution in [2.45, 2.75) is 51.7 Å². The van der Waals surface area contributed by atoms with Crippen LogP contribution in [0, 0.1) is 11.3 Å². The molecule has 10 heteroatoms. The van der Waals surface area contributed by atoms with Gasteiger partial charge in [-0.15, -0.1) is 11.3 Å². The molecular weight excluding hydrogens is 466 g/mol. The van der Waals surface area contributed by atoms with Gasteiger partial charge in [0.2, 0.25) is 17.7 Å². The molecule has 0 saturated carbocycles. The van der Waals surface area contributed by atoms with Crippen molar-refractivity contribution in [3.8, 4) is 5.75 Å². The summed E-state index contributed by atoms with van der Waals surface area (Å²) >= 11 is 1.42. The van der Waals surface area contributed by atoms with Crippen LogP contribution in [-0.4, -0.2) is 53.7 Å². The molecule has 1 fully saturated rings. The van der Waals surface area contributed by atoms with Crippen LogP contribution >= 0.6 is 11.3 Å². The number of carbonyl (C=O) groups excluding carboxylic acids is 3. The fourth-order valence-electron chi connectivity index (χ4n) is 4.05. The van der Waals surface area contributed by atoms with E-state index in [9.17, 15) is 14.4 Å². The van der Waals surface area contributed by atoms with Gasteiger partial charge in [-0.05, 0) is 43.9 Å². The van der Waals surface area contributed by atoms with Gasteiger partial charge in [-0.2, -0.15) is 0 Å². The van der Waals surface area contributed by atoms with Crippen LogP contribution in [0.2, 0.25) is 0 Å². The molecule has 188 valence electrons. The van der Waals surface area contributed by atoms with Crippen molar-refractivity contribution in [3.05, 3.63) is 52.2 Å². The second-order valence-corrected chi connectivity index (χ2v) is 9.74. The van der Waals surface area contributed by atoms with Crippen LogP contribution in [-0.2, 0) is 20.9 Å². The number of para-hydroxylation sites is 1. The molecule has 3 rings (SSSR count). The third kappa shape index (κ3) is 7.29. The molecule has 0 radical (unpaired) electrons.